The molecular weight excluding hydrogens is 478 g/mol. The number of nitro groups is 1. The summed E-state index contributed by atoms with van der Waals surface area (Å²) in [6, 6.07) is 15.0. The molecule has 0 saturated carbocycles. The number of hydrogen-bond donors (Lipinski definition) is 1. The summed E-state index contributed by atoms with van der Waals surface area (Å²) in [4.78, 5) is 27.3. The van der Waals surface area contributed by atoms with Crippen LogP contribution >= 0.6 is 23.4 Å². The molecule has 0 atom stereocenters. The number of fused-ring (bicyclic) bond motifs is 1. The summed E-state index contributed by atoms with van der Waals surface area (Å²) in [6.45, 7) is 1.75. The Morgan fingerprint density at radius 1 is 1.18 bits per heavy atom. The number of hydrazone groups is 1. The zero-order valence-corrected chi connectivity index (χ0v) is 19.1. The van der Waals surface area contributed by atoms with Crippen LogP contribution in [-0.2, 0) is 4.79 Å². The molecule has 2 aliphatic heterocycles. The number of carbonyl (C=O) groups excluding carboxylic acids is 1. The van der Waals surface area contributed by atoms with E-state index in [1.165, 1.54) is 35.0 Å². The third-order valence-electron chi connectivity index (χ3n) is 5.16. The summed E-state index contributed by atoms with van der Waals surface area (Å²) in [5.41, 5.74) is 2.06. The molecule has 0 bridgehead atoms. The molecule has 34 heavy (non-hydrogen) atoms. The molecule has 168 valence electrons. The van der Waals surface area contributed by atoms with E-state index in [0.29, 0.717) is 38.3 Å². The van der Waals surface area contributed by atoms with Crippen molar-refractivity contribution in [3.63, 3.8) is 0 Å². The fourth-order valence-corrected chi connectivity index (χ4v) is 4.70. The molecule has 0 saturated heterocycles. The number of halogens is 1. The van der Waals surface area contributed by atoms with E-state index in [4.69, 9.17) is 21.4 Å². The lowest BCUT2D eigenvalue weighted by molar-refractivity contribution is -0.384. The number of nitrogens with zero attached hydrogens (tertiary/aromatic N) is 4. The number of furan rings is 1. The summed E-state index contributed by atoms with van der Waals surface area (Å²) in [5.74, 6) is 0.105. The molecule has 2 aromatic carbocycles. The van der Waals surface area contributed by atoms with Crippen LogP contribution in [0.1, 0.15) is 16.9 Å². The van der Waals surface area contributed by atoms with Gasteiger partial charge in [-0.1, -0.05) is 29.8 Å². The van der Waals surface area contributed by atoms with Gasteiger partial charge in [0.2, 0.25) is 5.17 Å². The van der Waals surface area contributed by atoms with Crippen molar-refractivity contribution in [3.8, 4) is 11.3 Å². The zero-order chi connectivity index (χ0) is 24.0. The monoisotopic (exact) mass is 491 g/mol. The number of amides is 1. The molecule has 3 aromatic rings. The number of nitrogens with one attached hydrogen (secondary N) is 1. The third-order valence-corrected chi connectivity index (χ3v) is 6.43. The van der Waals surface area contributed by atoms with E-state index in [2.05, 4.69) is 10.1 Å². The van der Waals surface area contributed by atoms with Crippen LogP contribution in [-0.4, -0.2) is 31.9 Å². The van der Waals surface area contributed by atoms with Crippen LogP contribution in [0.3, 0.4) is 0 Å². The molecule has 11 heteroatoms. The van der Waals surface area contributed by atoms with Gasteiger partial charge in [-0.05, 0) is 54.6 Å². The maximum Gasteiger partial charge on any atom is 0.283 e. The normalized spacial score (nSPS) is 16.5. The highest BCUT2D eigenvalue weighted by Crippen LogP contribution is 2.34. The standard InChI is InChI=1S/C23H14ClN5O4S/c1-12-10-13(29(31)32)6-8-15(12)19-9-7-14(33-19)11-17-20(25)28-23(26-21(17)30)34-22(27-28)16-4-2-3-5-18(16)24/h2-11,25H,1H3. The Balaban J connectivity index is 1.44. The summed E-state index contributed by atoms with van der Waals surface area (Å²) in [6.07, 6.45) is 1.43. The maximum atomic E-state index is 12.7. The van der Waals surface area contributed by atoms with Gasteiger partial charge in [0, 0.05) is 23.3 Å². The quantitative estimate of drug-likeness (QED) is 0.292. The van der Waals surface area contributed by atoms with Gasteiger partial charge in [0.05, 0.1) is 15.5 Å². The van der Waals surface area contributed by atoms with Crippen LogP contribution in [0.15, 0.2) is 74.7 Å². The first-order valence-electron chi connectivity index (χ1n) is 9.92. The minimum absolute atomic E-state index is 0.00902. The maximum absolute atomic E-state index is 12.7. The molecule has 3 heterocycles. The molecule has 0 unspecified atom stereocenters. The van der Waals surface area contributed by atoms with Crippen molar-refractivity contribution in [2.24, 2.45) is 10.1 Å². The van der Waals surface area contributed by atoms with Crippen molar-refractivity contribution in [2.75, 3.05) is 0 Å². The molecule has 5 rings (SSSR count). The molecular formula is C23H14ClN5O4S. The molecule has 1 aromatic heterocycles. The van der Waals surface area contributed by atoms with Crippen LogP contribution in [0.4, 0.5) is 5.69 Å². The van der Waals surface area contributed by atoms with E-state index in [1.807, 2.05) is 6.07 Å². The highest BCUT2D eigenvalue weighted by molar-refractivity contribution is 8.27. The number of amidine groups is 2. The molecule has 2 aliphatic rings. The van der Waals surface area contributed by atoms with Gasteiger partial charge >= 0.3 is 0 Å². The van der Waals surface area contributed by atoms with Crippen molar-refractivity contribution < 1.29 is 14.1 Å². The van der Waals surface area contributed by atoms with Gasteiger partial charge in [-0.25, -0.2) is 0 Å². The Labute approximate surface area is 202 Å². The first kappa shape index (κ1) is 21.8. The van der Waals surface area contributed by atoms with E-state index in [0.717, 1.165) is 0 Å². The highest BCUT2D eigenvalue weighted by atomic mass is 35.5. The van der Waals surface area contributed by atoms with Crippen LogP contribution in [0, 0.1) is 22.4 Å². The number of hydrogen-bond acceptors (Lipinski definition) is 7. The largest absolute Gasteiger partial charge is 0.457 e. The second-order valence-corrected chi connectivity index (χ2v) is 8.73. The van der Waals surface area contributed by atoms with Gasteiger partial charge in [-0.15, -0.1) is 0 Å². The Morgan fingerprint density at radius 2 is 1.97 bits per heavy atom. The van der Waals surface area contributed by atoms with E-state index < -0.39 is 10.8 Å². The second-order valence-electron chi connectivity index (χ2n) is 7.36. The second kappa shape index (κ2) is 8.40. The van der Waals surface area contributed by atoms with Crippen molar-refractivity contribution in [2.45, 2.75) is 6.92 Å². The van der Waals surface area contributed by atoms with Gasteiger partial charge in [-0.3, -0.25) is 20.3 Å². The molecule has 0 aliphatic carbocycles. The number of aliphatic imine (C=N–C) groups is 1. The lowest BCUT2D eigenvalue weighted by Crippen LogP contribution is -2.35. The first-order chi connectivity index (χ1) is 16.3. The number of aryl methyl sites for hydroxylation is 1. The van der Waals surface area contributed by atoms with Crippen molar-refractivity contribution in [3.05, 3.63) is 92.2 Å². The van der Waals surface area contributed by atoms with Crippen molar-refractivity contribution in [1.82, 2.24) is 5.01 Å². The smallest absolute Gasteiger partial charge is 0.283 e. The summed E-state index contributed by atoms with van der Waals surface area (Å²) in [7, 11) is 0. The third kappa shape index (κ3) is 3.82. The minimum atomic E-state index is -0.580. The van der Waals surface area contributed by atoms with Crippen molar-refractivity contribution >= 4 is 57.1 Å². The average Bonchev–Trinajstić information content (AvgIpc) is 3.44. The number of nitro benzene ring substituents is 1. The number of rotatable bonds is 4. The predicted octanol–water partition coefficient (Wildman–Crippen LogP) is 5.48. The molecule has 1 amide bonds. The Morgan fingerprint density at radius 3 is 2.71 bits per heavy atom. The average molecular weight is 492 g/mol. The first-order valence-corrected chi connectivity index (χ1v) is 11.1. The molecule has 0 fully saturated rings. The Hall–Kier alpha value is -4.02. The van der Waals surface area contributed by atoms with E-state index in [1.54, 1.807) is 43.3 Å². The summed E-state index contributed by atoms with van der Waals surface area (Å²) >= 11 is 7.43. The predicted molar refractivity (Wildman–Crippen MR) is 131 cm³/mol. The minimum Gasteiger partial charge on any atom is -0.457 e. The van der Waals surface area contributed by atoms with Gasteiger partial charge in [0.15, 0.2) is 5.84 Å². The fourth-order valence-electron chi connectivity index (χ4n) is 3.49. The fraction of sp³-hybridized carbons (Fsp3) is 0.0435. The van der Waals surface area contributed by atoms with Crippen LogP contribution in [0.2, 0.25) is 5.02 Å². The van der Waals surface area contributed by atoms with E-state index in [9.17, 15) is 14.9 Å². The van der Waals surface area contributed by atoms with Gasteiger partial charge < -0.3 is 4.42 Å². The lowest BCUT2D eigenvalue weighted by atomic mass is 10.1. The Bertz CT molecular complexity index is 1490. The SMILES string of the molecule is Cc1cc([N+](=O)[O-])ccc1-c1ccc(C=C2C(=N)N3N=C(c4ccccc4Cl)SC3=NC2=O)o1. The number of carbonyl (C=O) groups is 1. The Kier molecular flexibility index (Phi) is 5.39. The van der Waals surface area contributed by atoms with Crippen LogP contribution < -0.4 is 0 Å². The summed E-state index contributed by atoms with van der Waals surface area (Å²) < 4.78 is 5.85. The van der Waals surface area contributed by atoms with Crippen LogP contribution in [0.25, 0.3) is 17.4 Å². The van der Waals surface area contributed by atoms with Gasteiger partial charge in [0.1, 0.15) is 16.6 Å². The summed E-state index contributed by atoms with van der Waals surface area (Å²) in [5, 5.41) is 26.5. The highest BCUT2D eigenvalue weighted by Gasteiger charge is 2.36. The molecule has 9 nitrogen and oxygen atoms in total. The zero-order valence-electron chi connectivity index (χ0n) is 17.5. The van der Waals surface area contributed by atoms with E-state index in [-0.39, 0.29) is 22.3 Å². The molecule has 0 spiro atoms. The van der Waals surface area contributed by atoms with Crippen LogP contribution in [0.5, 0.6) is 0 Å². The topological polar surface area (TPSA) is 125 Å². The van der Waals surface area contributed by atoms with Crippen molar-refractivity contribution in [1.29, 1.82) is 5.41 Å². The van der Waals surface area contributed by atoms with Gasteiger partial charge in [-0.2, -0.15) is 15.1 Å². The molecule has 1 N–H and O–H groups in total. The number of benzene rings is 2. The lowest BCUT2D eigenvalue weighted by Gasteiger charge is -2.19. The number of non-ortho nitro benzene ring substituents is 1. The van der Waals surface area contributed by atoms with E-state index >= 15 is 0 Å². The molecule has 0 radical (unpaired) electrons. The van der Waals surface area contributed by atoms with Gasteiger partial charge in [0.25, 0.3) is 11.6 Å². The number of thioether (sulfide) groups is 1.